The van der Waals surface area contributed by atoms with Crippen molar-refractivity contribution in [1.82, 2.24) is 0 Å². The first-order valence-corrected chi connectivity index (χ1v) is 12.9. The average molecular weight is 467 g/mol. The van der Waals surface area contributed by atoms with Gasteiger partial charge in [0.2, 0.25) is 0 Å². The summed E-state index contributed by atoms with van der Waals surface area (Å²) in [5, 5.41) is 0. The molecule has 0 unspecified atom stereocenters. The number of rotatable bonds is 17. The van der Waals surface area contributed by atoms with Gasteiger partial charge in [-0.15, -0.1) is 0 Å². The molecule has 0 aromatic heterocycles. The molecule has 2 rings (SSSR count). The highest BCUT2D eigenvalue weighted by molar-refractivity contribution is 5.91. The normalized spacial score (nSPS) is 12.0. The molecular formula is C30H42O4. The average Bonchev–Trinajstić information content (AvgIpc) is 2.86. The van der Waals surface area contributed by atoms with Gasteiger partial charge >= 0.3 is 5.97 Å². The Morgan fingerprint density at radius 1 is 0.765 bits per heavy atom. The van der Waals surface area contributed by atoms with E-state index in [9.17, 15) is 4.79 Å². The van der Waals surface area contributed by atoms with Gasteiger partial charge in [-0.25, -0.2) is 4.79 Å². The van der Waals surface area contributed by atoms with Gasteiger partial charge in [0.25, 0.3) is 0 Å². The lowest BCUT2D eigenvalue weighted by atomic mass is 10.0. The third-order valence-corrected chi connectivity index (χ3v) is 5.87. The van der Waals surface area contributed by atoms with E-state index >= 15 is 0 Å². The highest BCUT2D eigenvalue weighted by atomic mass is 16.5. The van der Waals surface area contributed by atoms with Crippen LogP contribution in [0.3, 0.4) is 0 Å². The van der Waals surface area contributed by atoms with Crippen molar-refractivity contribution in [3.05, 3.63) is 66.2 Å². The molecule has 0 radical (unpaired) electrons. The highest BCUT2D eigenvalue weighted by Gasteiger charge is 2.09. The summed E-state index contributed by atoms with van der Waals surface area (Å²) in [7, 11) is 0. The Hall–Kier alpha value is -2.75. The Labute approximate surface area is 206 Å². The van der Waals surface area contributed by atoms with Crippen LogP contribution in [-0.4, -0.2) is 19.2 Å². The summed E-state index contributed by atoms with van der Waals surface area (Å²) in [6.45, 7) is 8.09. The van der Waals surface area contributed by atoms with E-state index < -0.39 is 0 Å². The molecule has 0 heterocycles. The van der Waals surface area contributed by atoms with Gasteiger partial charge in [-0.1, -0.05) is 58.6 Å². The van der Waals surface area contributed by atoms with Gasteiger partial charge in [-0.2, -0.15) is 0 Å². The number of esters is 1. The Kier molecular flexibility index (Phi) is 13.6. The van der Waals surface area contributed by atoms with Gasteiger partial charge in [0.1, 0.15) is 17.2 Å². The number of hydrogen-bond donors (Lipinski definition) is 0. The third kappa shape index (κ3) is 11.4. The topological polar surface area (TPSA) is 44.8 Å². The number of ether oxygens (including phenoxy) is 3. The lowest BCUT2D eigenvalue weighted by Gasteiger charge is -2.09. The number of hydrogen-bond acceptors (Lipinski definition) is 4. The smallest absolute Gasteiger partial charge is 0.343 e. The van der Waals surface area contributed by atoms with Crippen LogP contribution in [0.5, 0.6) is 17.2 Å². The zero-order valence-corrected chi connectivity index (χ0v) is 21.3. The van der Waals surface area contributed by atoms with Crippen molar-refractivity contribution in [3.8, 4) is 17.2 Å². The Morgan fingerprint density at radius 3 is 1.97 bits per heavy atom. The molecule has 0 aliphatic heterocycles. The number of allylic oxidation sites excluding steroid dienone is 2. The fraction of sp³-hybridized carbons (Fsp3) is 0.500. The molecule has 0 saturated carbocycles. The van der Waals surface area contributed by atoms with Crippen molar-refractivity contribution in [3.63, 3.8) is 0 Å². The molecule has 0 amide bonds. The summed E-state index contributed by atoms with van der Waals surface area (Å²) in [4.78, 5) is 12.4. The molecule has 0 N–H and O–H groups in total. The van der Waals surface area contributed by atoms with Crippen LogP contribution in [0.4, 0.5) is 0 Å². The van der Waals surface area contributed by atoms with E-state index in [0.717, 1.165) is 49.5 Å². The van der Waals surface area contributed by atoms with Crippen molar-refractivity contribution in [1.29, 1.82) is 0 Å². The van der Waals surface area contributed by atoms with Crippen molar-refractivity contribution < 1.29 is 19.0 Å². The first-order chi connectivity index (χ1) is 16.6. The van der Waals surface area contributed by atoms with E-state index in [2.05, 4.69) is 32.9 Å². The zero-order valence-electron chi connectivity index (χ0n) is 21.3. The predicted octanol–water partition coefficient (Wildman–Crippen LogP) is 8.41. The van der Waals surface area contributed by atoms with Gasteiger partial charge < -0.3 is 14.2 Å². The maximum absolute atomic E-state index is 12.4. The maximum atomic E-state index is 12.4. The van der Waals surface area contributed by atoms with Gasteiger partial charge in [0.15, 0.2) is 0 Å². The maximum Gasteiger partial charge on any atom is 0.343 e. The Morgan fingerprint density at radius 2 is 1.35 bits per heavy atom. The predicted molar refractivity (Wildman–Crippen MR) is 140 cm³/mol. The van der Waals surface area contributed by atoms with E-state index in [1.54, 1.807) is 24.3 Å². The molecule has 4 nitrogen and oxygen atoms in total. The van der Waals surface area contributed by atoms with Crippen LogP contribution < -0.4 is 14.2 Å². The summed E-state index contributed by atoms with van der Waals surface area (Å²) in [5.41, 5.74) is 0.498. The van der Waals surface area contributed by atoms with Gasteiger partial charge in [0, 0.05) is 0 Å². The summed E-state index contributed by atoms with van der Waals surface area (Å²) in [5.74, 6) is 2.49. The van der Waals surface area contributed by atoms with Crippen LogP contribution in [0.25, 0.3) is 0 Å². The van der Waals surface area contributed by atoms with E-state index in [-0.39, 0.29) is 5.97 Å². The van der Waals surface area contributed by atoms with Crippen LogP contribution in [0.15, 0.2) is 60.7 Å². The molecule has 34 heavy (non-hydrogen) atoms. The standard InChI is InChI=1S/C30H42O4/c1-4-6-7-8-9-12-23-33-28-19-21-29(22-20-28)34-30(31)26-15-17-27(18-16-26)32-24-13-10-11-14-25(3)5-2/h6-7,15-22,25H,4-5,8-14,23-24H2,1-3H3/b7-6-/t25-/m0/s1. The van der Waals surface area contributed by atoms with E-state index in [1.807, 2.05) is 24.3 Å². The van der Waals surface area contributed by atoms with Gasteiger partial charge in [-0.3, -0.25) is 0 Å². The molecule has 0 spiro atoms. The van der Waals surface area contributed by atoms with Crippen molar-refractivity contribution in [2.75, 3.05) is 13.2 Å². The molecule has 1 atom stereocenters. The van der Waals surface area contributed by atoms with Crippen molar-refractivity contribution >= 4 is 5.97 Å². The second-order valence-corrected chi connectivity index (χ2v) is 8.82. The lowest BCUT2D eigenvalue weighted by Crippen LogP contribution is -2.08. The Balaban J connectivity index is 1.66. The van der Waals surface area contributed by atoms with Gasteiger partial charge in [0.05, 0.1) is 18.8 Å². The zero-order chi connectivity index (χ0) is 24.4. The SMILES string of the molecule is CC/C=C\CCCCOc1ccc(OC(=O)c2ccc(OCCCCC[C@@H](C)CC)cc2)cc1. The second-order valence-electron chi connectivity index (χ2n) is 8.82. The fourth-order valence-corrected chi connectivity index (χ4v) is 3.46. The molecule has 186 valence electrons. The monoisotopic (exact) mass is 466 g/mol. The Bertz CT molecular complexity index is 824. The number of unbranched alkanes of at least 4 members (excludes halogenated alkanes) is 4. The van der Waals surface area contributed by atoms with Gasteiger partial charge in [-0.05, 0) is 86.6 Å². The van der Waals surface area contributed by atoms with Crippen molar-refractivity contribution in [2.24, 2.45) is 5.92 Å². The van der Waals surface area contributed by atoms with E-state index in [4.69, 9.17) is 14.2 Å². The molecule has 4 heteroatoms. The van der Waals surface area contributed by atoms with Crippen LogP contribution in [-0.2, 0) is 0 Å². The molecule has 2 aromatic rings. The molecule has 0 aliphatic carbocycles. The molecule has 0 saturated heterocycles. The first-order valence-electron chi connectivity index (χ1n) is 12.9. The molecule has 0 aliphatic rings. The molecular weight excluding hydrogens is 424 g/mol. The van der Waals surface area contributed by atoms with Crippen LogP contribution in [0, 0.1) is 5.92 Å². The summed E-state index contributed by atoms with van der Waals surface area (Å²) in [6, 6.07) is 14.3. The first kappa shape index (κ1) is 27.5. The quantitative estimate of drug-likeness (QED) is 0.102. The van der Waals surface area contributed by atoms with Crippen molar-refractivity contribution in [2.45, 2.75) is 78.6 Å². The lowest BCUT2D eigenvalue weighted by molar-refractivity contribution is 0.0734. The second kappa shape index (κ2) is 16.8. The largest absolute Gasteiger partial charge is 0.494 e. The summed E-state index contributed by atoms with van der Waals surface area (Å²) < 4.78 is 17.0. The molecule has 2 aromatic carbocycles. The van der Waals surface area contributed by atoms with E-state index in [0.29, 0.717) is 24.5 Å². The minimum absolute atomic E-state index is 0.384. The fourth-order valence-electron chi connectivity index (χ4n) is 3.46. The minimum Gasteiger partial charge on any atom is -0.494 e. The van der Waals surface area contributed by atoms with Crippen LogP contribution in [0.1, 0.15) is 88.9 Å². The number of carbonyl (C=O) groups is 1. The summed E-state index contributed by atoms with van der Waals surface area (Å²) in [6.07, 6.45) is 14.8. The minimum atomic E-state index is -0.384. The number of carbonyl (C=O) groups excluding carboxylic acids is 1. The molecule has 0 fully saturated rings. The van der Waals surface area contributed by atoms with Crippen LogP contribution in [0.2, 0.25) is 0 Å². The highest BCUT2D eigenvalue weighted by Crippen LogP contribution is 2.20. The summed E-state index contributed by atoms with van der Waals surface area (Å²) >= 11 is 0. The van der Waals surface area contributed by atoms with E-state index in [1.165, 1.54) is 25.7 Å². The van der Waals surface area contributed by atoms with Crippen LogP contribution >= 0.6 is 0 Å². The molecule has 0 bridgehead atoms. The number of benzene rings is 2. The third-order valence-electron chi connectivity index (χ3n) is 5.87.